The molecule has 8 heteroatoms. The molecule has 1 aliphatic rings. The van der Waals surface area contributed by atoms with Crippen LogP contribution in [-0.2, 0) is 16.0 Å². The maximum Gasteiger partial charge on any atom is 0.274 e. The lowest BCUT2D eigenvalue weighted by atomic mass is 9.87. The van der Waals surface area contributed by atoms with Gasteiger partial charge in [-0.25, -0.2) is 9.37 Å². The lowest BCUT2D eigenvalue weighted by Crippen LogP contribution is -2.61. The Balaban J connectivity index is 1.67. The van der Waals surface area contributed by atoms with Crippen molar-refractivity contribution in [2.45, 2.75) is 12.0 Å². The van der Waals surface area contributed by atoms with Crippen LogP contribution in [0.5, 0.6) is 0 Å². The Hall–Kier alpha value is -3.65. The minimum absolute atomic E-state index is 0.0693. The number of nitrogens with one attached hydrogen (secondary N) is 1. The van der Waals surface area contributed by atoms with Crippen molar-refractivity contribution in [1.29, 1.82) is 0 Å². The zero-order valence-electron chi connectivity index (χ0n) is 17.6. The molecule has 0 saturated carbocycles. The maximum absolute atomic E-state index is 13.4. The monoisotopic (exact) mass is 434 g/mol. The molecule has 2 aromatic carbocycles. The second-order valence-electron chi connectivity index (χ2n) is 7.58. The number of amides is 2. The topological polar surface area (TPSA) is 84.4 Å². The Morgan fingerprint density at radius 1 is 1.16 bits per heavy atom. The molecule has 1 aliphatic heterocycles. The lowest BCUT2D eigenvalue weighted by molar-refractivity contribution is -0.156. The molecule has 7 nitrogen and oxygen atoms in total. The molecular formula is C24H23FN4O3. The molecule has 2 amide bonds. The first-order valence-electron chi connectivity index (χ1n) is 10.3. The number of hydrogen-bond donors (Lipinski definition) is 1. The second kappa shape index (κ2) is 9.23. The van der Waals surface area contributed by atoms with Gasteiger partial charge in [0.05, 0.1) is 19.3 Å². The van der Waals surface area contributed by atoms with Crippen molar-refractivity contribution in [1.82, 2.24) is 20.2 Å². The van der Waals surface area contributed by atoms with Gasteiger partial charge in [0.25, 0.3) is 11.8 Å². The van der Waals surface area contributed by atoms with Gasteiger partial charge in [-0.05, 0) is 28.8 Å². The Bertz CT molecular complexity index is 1110. The molecule has 0 aliphatic carbocycles. The van der Waals surface area contributed by atoms with Crippen LogP contribution in [0.1, 0.15) is 16.1 Å². The van der Waals surface area contributed by atoms with E-state index in [9.17, 15) is 14.0 Å². The SMILES string of the molecule is CNC(=O)[C@@]1(Cc2ccccc2-c2ccc(F)cc2)CN(C(=O)c2cnccn2)CCO1. The van der Waals surface area contributed by atoms with Gasteiger partial charge in [0.1, 0.15) is 11.5 Å². The van der Waals surface area contributed by atoms with Crippen LogP contribution in [0.15, 0.2) is 67.1 Å². The molecule has 1 N–H and O–H groups in total. The van der Waals surface area contributed by atoms with E-state index in [1.807, 2.05) is 24.3 Å². The van der Waals surface area contributed by atoms with Crippen LogP contribution in [-0.4, -0.2) is 59.0 Å². The third kappa shape index (κ3) is 4.36. The van der Waals surface area contributed by atoms with Crippen LogP contribution in [0.25, 0.3) is 11.1 Å². The van der Waals surface area contributed by atoms with E-state index in [4.69, 9.17) is 4.74 Å². The summed E-state index contributed by atoms with van der Waals surface area (Å²) in [5, 5.41) is 2.68. The van der Waals surface area contributed by atoms with Crippen molar-refractivity contribution in [2.24, 2.45) is 0 Å². The van der Waals surface area contributed by atoms with Crippen molar-refractivity contribution in [2.75, 3.05) is 26.7 Å². The van der Waals surface area contributed by atoms with Crippen molar-refractivity contribution in [3.05, 3.63) is 84.2 Å². The van der Waals surface area contributed by atoms with E-state index in [0.717, 1.165) is 16.7 Å². The van der Waals surface area contributed by atoms with Gasteiger partial charge in [0.15, 0.2) is 5.60 Å². The zero-order valence-corrected chi connectivity index (χ0v) is 17.6. The summed E-state index contributed by atoms with van der Waals surface area (Å²) < 4.78 is 19.5. The third-order valence-corrected chi connectivity index (χ3v) is 5.54. The number of rotatable bonds is 5. The average Bonchev–Trinajstić information content (AvgIpc) is 2.84. The van der Waals surface area contributed by atoms with E-state index in [1.54, 1.807) is 24.1 Å². The third-order valence-electron chi connectivity index (χ3n) is 5.54. The molecule has 164 valence electrons. The van der Waals surface area contributed by atoms with E-state index < -0.39 is 5.60 Å². The highest BCUT2D eigenvalue weighted by Crippen LogP contribution is 2.31. The van der Waals surface area contributed by atoms with Gasteiger partial charge < -0.3 is 15.0 Å². The van der Waals surface area contributed by atoms with Crippen LogP contribution >= 0.6 is 0 Å². The van der Waals surface area contributed by atoms with Crippen molar-refractivity contribution in [3.8, 4) is 11.1 Å². The van der Waals surface area contributed by atoms with E-state index >= 15 is 0 Å². The first-order chi connectivity index (χ1) is 15.5. The highest BCUT2D eigenvalue weighted by atomic mass is 19.1. The average molecular weight is 434 g/mol. The van der Waals surface area contributed by atoms with Crippen LogP contribution in [0.2, 0.25) is 0 Å². The Labute approximate surface area is 185 Å². The van der Waals surface area contributed by atoms with E-state index in [-0.39, 0.29) is 42.9 Å². The highest BCUT2D eigenvalue weighted by molar-refractivity contribution is 5.93. The molecule has 3 aromatic rings. The Kier molecular flexibility index (Phi) is 6.23. The van der Waals surface area contributed by atoms with Gasteiger partial charge in [-0.2, -0.15) is 0 Å². The summed E-state index contributed by atoms with van der Waals surface area (Å²) in [6.45, 7) is 0.617. The predicted octanol–water partition coefficient (Wildman–Crippen LogP) is 2.48. The van der Waals surface area contributed by atoms with Gasteiger partial charge >= 0.3 is 0 Å². The summed E-state index contributed by atoms with van der Waals surface area (Å²) in [4.78, 5) is 35.6. The molecule has 1 saturated heterocycles. The first kappa shape index (κ1) is 21.6. The molecule has 0 spiro atoms. The van der Waals surface area contributed by atoms with Crippen molar-refractivity contribution < 1.29 is 18.7 Å². The molecule has 1 atom stereocenters. The van der Waals surface area contributed by atoms with Gasteiger partial charge in [-0.1, -0.05) is 36.4 Å². The predicted molar refractivity (Wildman–Crippen MR) is 116 cm³/mol. The number of nitrogens with zero attached hydrogens (tertiary/aromatic N) is 3. The smallest absolute Gasteiger partial charge is 0.274 e. The zero-order chi connectivity index (χ0) is 22.6. The molecule has 32 heavy (non-hydrogen) atoms. The van der Waals surface area contributed by atoms with E-state index in [0.29, 0.717) is 6.54 Å². The minimum atomic E-state index is -1.28. The number of halogens is 1. The number of benzene rings is 2. The number of carbonyl (C=O) groups excluding carboxylic acids is 2. The molecule has 0 bridgehead atoms. The van der Waals surface area contributed by atoms with Crippen molar-refractivity contribution >= 4 is 11.8 Å². The van der Waals surface area contributed by atoms with Crippen molar-refractivity contribution in [3.63, 3.8) is 0 Å². The Morgan fingerprint density at radius 3 is 2.66 bits per heavy atom. The number of hydrogen-bond acceptors (Lipinski definition) is 5. The normalized spacial score (nSPS) is 18.2. The summed E-state index contributed by atoms with van der Waals surface area (Å²) in [6.07, 6.45) is 4.60. The number of likely N-dealkylation sites (N-methyl/N-ethyl adjacent to an activating group) is 1. The molecule has 2 heterocycles. The summed E-state index contributed by atoms with van der Waals surface area (Å²) in [6, 6.07) is 13.8. The molecule has 1 aromatic heterocycles. The molecule has 4 rings (SSSR count). The van der Waals surface area contributed by atoms with E-state index in [2.05, 4.69) is 15.3 Å². The standard InChI is InChI=1S/C24H23FN4O3/c1-26-23(31)24(16-29(12-13-32-24)22(30)21-15-27-10-11-28-21)14-18-4-2-3-5-20(18)17-6-8-19(25)9-7-17/h2-11,15H,12-14,16H2,1H3,(H,26,31)/t24-/m1/s1. The fourth-order valence-electron chi connectivity index (χ4n) is 3.97. The molecule has 0 unspecified atom stereocenters. The number of morpholine rings is 1. The van der Waals surface area contributed by atoms with E-state index in [1.165, 1.54) is 30.7 Å². The summed E-state index contributed by atoms with van der Waals surface area (Å²) in [5.74, 6) is -0.939. The maximum atomic E-state index is 13.4. The van der Waals surface area contributed by atoms with Crippen LogP contribution in [0.4, 0.5) is 4.39 Å². The molecule has 1 fully saturated rings. The molecule has 0 radical (unpaired) electrons. The lowest BCUT2D eigenvalue weighted by Gasteiger charge is -2.41. The van der Waals surface area contributed by atoms with Gasteiger partial charge in [-0.3, -0.25) is 14.6 Å². The largest absolute Gasteiger partial charge is 0.361 e. The number of ether oxygens (including phenoxy) is 1. The highest BCUT2D eigenvalue weighted by Gasteiger charge is 2.45. The van der Waals surface area contributed by atoms with Crippen LogP contribution in [0.3, 0.4) is 0 Å². The molecular weight excluding hydrogens is 411 g/mol. The quantitative estimate of drug-likeness (QED) is 0.667. The summed E-state index contributed by atoms with van der Waals surface area (Å²) in [7, 11) is 1.54. The van der Waals surface area contributed by atoms with Gasteiger partial charge in [0, 0.05) is 32.4 Å². The number of carbonyl (C=O) groups is 2. The van der Waals surface area contributed by atoms with Crippen LogP contribution in [0, 0.1) is 5.82 Å². The second-order valence-corrected chi connectivity index (χ2v) is 7.58. The van der Waals surface area contributed by atoms with Gasteiger partial charge in [-0.15, -0.1) is 0 Å². The van der Waals surface area contributed by atoms with Crippen LogP contribution < -0.4 is 5.32 Å². The summed E-state index contributed by atoms with van der Waals surface area (Å²) in [5.41, 5.74) is 1.50. The first-order valence-corrected chi connectivity index (χ1v) is 10.3. The minimum Gasteiger partial charge on any atom is -0.361 e. The Morgan fingerprint density at radius 2 is 1.94 bits per heavy atom. The fourth-order valence-corrected chi connectivity index (χ4v) is 3.97. The van der Waals surface area contributed by atoms with Gasteiger partial charge in [0.2, 0.25) is 0 Å². The fraction of sp³-hybridized carbons (Fsp3) is 0.250. The number of aromatic nitrogens is 2. The summed E-state index contributed by atoms with van der Waals surface area (Å²) >= 11 is 0.